The molecule has 19 heavy (non-hydrogen) atoms. The maximum atomic E-state index is 11.8. The highest BCUT2D eigenvalue weighted by atomic mass is 16.5. The van der Waals surface area contributed by atoms with Crippen molar-refractivity contribution in [2.45, 2.75) is 38.2 Å². The average Bonchev–Trinajstić information content (AvgIpc) is 2.73. The van der Waals surface area contributed by atoms with Crippen molar-refractivity contribution < 1.29 is 20.2 Å². The van der Waals surface area contributed by atoms with Crippen LogP contribution in [0.4, 0.5) is 5.82 Å². The van der Waals surface area contributed by atoms with E-state index in [0.717, 1.165) is 0 Å². The summed E-state index contributed by atoms with van der Waals surface area (Å²) in [4.78, 5) is 15.5. The van der Waals surface area contributed by atoms with Gasteiger partial charge in [-0.2, -0.15) is 4.98 Å². The number of nitrogens with zero attached hydrogens (tertiary/aromatic N) is 2. The first-order chi connectivity index (χ1) is 9.06. The molecule has 0 bridgehead atoms. The molecular formula is C11H17N3O5. The number of aryl methyl sites for hydroxylation is 1. The van der Waals surface area contributed by atoms with Crippen molar-refractivity contribution in [2.24, 2.45) is 0 Å². The molecule has 0 amide bonds. The van der Waals surface area contributed by atoms with Gasteiger partial charge in [-0.3, -0.25) is 15.3 Å². The highest BCUT2D eigenvalue weighted by molar-refractivity contribution is 5.38. The van der Waals surface area contributed by atoms with Gasteiger partial charge in [0.05, 0.1) is 12.2 Å². The van der Waals surface area contributed by atoms with Crippen LogP contribution in [0.2, 0.25) is 0 Å². The summed E-state index contributed by atoms with van der Waals surface area (Å²) in [6, 6.07) is 0. The van der Waals surface area contributed by atoms with Gasteiger partial charge in [-0.05, 0) is 13.3 Å². The lowest BCUT2D eigenvalue weighted by Gasteiger charge is -2.16. The third kappa shape index (κ3) is 2.76. The minimum Gasteiger partial charge on any atom is -0.396 e. The third-order valence-corrected chi connectivity index (χ3v) is 3.17. The van der Waals surface area contributed by atoms with Crippen molar-refractivity contribution in [3.8, 4) is 0 Å². The van der Waals surface area contributed by atoms with Gasteiger partial charge in [0.1, 0.15) is 6.23 Å². The zero-order chi connectivity index (χ0) is 14.0. The summed E-state index contributed by atoms with van der Waals surface area (Å²) in [6.45, 7) is 1.59. The zero-order valence-electron chi connectivity index (χ0n) is 10.5. The Bertz CT molecular complexity index is 504. The number of nitrogens with one attached hydrogen (secondary N) is 1. The molecule has 2 heterocycles. The maximum Gasteiger partial charge on any atom is 0.351 e. The van der Waals surface area contributed by atoms with E-state index in [-0.39, 0.29) is 18.8 Å². The highest BCUT2D eigenvalue weighted by Crippen LogP contribution is 2.29. The molecule has 8 nitrogen and oxygen atoms in total. The SMILES string of the molecule is Cc1cn([C@H]2C[C@H](O)C(CCO)O2)c(=O)nc1NO. The van der Waals surface area contributed by atoms with Gasteiger partial charge >= 0.3 is 5.69 Å². The Kier molecular flexibility index (Phi) is 4.15. The summed E-state index contributed by atoms with van der Waals surface area (Å²) in [6.07, 6.45) is 0.259. The van der Waals surface area contributed by atoms with E-state index in [1.54, 1.807) is 6.92 Å². The minimum absolute atomic E-state index is 0.0893. The van der Waals surface area contributed by atoms with Gasteiger partial charge in [0, 0.05) is 24.8 Å². The van der Waals surface area contributed by atoms with Gasteiger partial charge in [0.2, 0.25) is 0 Å². The number of aromatic nitrogens is 2. The Morgan fingerprint density at radius 2 is 2.37 bits per heavy atom. The Labute approximate surface area is 109 Å². The van der Waals surface area contributed by atoms with Crippen LogP contribution in [-0.2, 0) is 4.74 Å². The Balaban J connectivity index is 2.24. The topological polar surface area (TPSA) is 117 Å². The minimum atomic E-state index is -0.722. The third-order valence-electron chi connectivity index (χ3n) is 3.17. The molecule has 0 aromatic carbocycles. The van der Waals surface area contributed by atoms with Crippen LogP contribution in [0, 0.1) is 6.92 Å². The Morgan fingerprint density at radius 3 is 3.00 bits per heavy atom. The van der Waals surface area contributed by atoms with Crippen LogP contribution in [0.25, 0.3) is 0 Å². The summed E-state index contributed by atoms with van der Waals surface area (Å²) in [5.74, 6) is 0.0895. The molecule has 1 saturated heterocycles. The van der Waals surface area contributed by atoms with Crippen molar-refractivity contribution in [2.75, 3.05) is 12.1 Å². The molecule has 1 fully saturated rings. The fourth-order valence-electron chi connectivity index (χ4n) is 2.16. The first kappa shape index (κ1) is 13.9. The lowest BCUT2D eigenvalue weighted by molar-refractivity contribution is -0.0306. The average molecular weight is 271 g/mol. The summed E-state index contributed by atoms with van der Waals surface area (Å²) in [5, 5.41) is 27.4. The molecule has 2 rings (SSSR count). The maximum absolute atomic E-state index is 11.8. The van der Waals surface area contributed by atoms with Crippen molar-refractivity contribution in [3.63, 3.8) is 0 Å². The number of hydrogen-bond acceptors (Lipinski definition) is 7. The van der Waals surface area contributed by atoms with E-state index in [4.69, 9.17) is 15.1 Å². The van der Waals surface area contributed by atoms with Gasteiger partial charge in [-0.15, -0.1) is 0 Å². The first-order valence-corrected chi connectivity index (χ1v) is 6.01. The second-order valence-electron chi connectivity index (χ2n) is 4.52. The Hall–Kier alpha value is -1.48. The lowest BCUT2D eigenvalue weighted by Crippen LogP contribution is -2.28. The molecule has 1 aromatic heterocycles. The van der Waals surface area contributed by atoms with Crippen LogP contribution in [-0.4, -0.2) is 43.8 Å². The van der Waals surface area contributed by atoms with E-state index in [0.29, 0.717) is 12.0 Å². The normalized spacial score (nSPS) is 26.6. The molecule has 1 aliphatic heterocycles. The predicted octanol–water partition coefficient (Wildman–Crippen LogP) is -0.616. The molecule has 4 N–H and O–H groups in total. The van der Waals surface area contributed by atoms with Gasteiger partial charge in [0.15, 0.2) is 5.82 Å². The number of ether oxygens (including phenoxy) is 1. The molecule has 106 valence electrons. The predicted molar refractivity (Wildman–Crippen MR) is 64.9 cm³/mol. The van der Waals surface area contributed by atoms with E-state index in [1.165, 1.54) is 10.8 Å². The zero-order valence-corrected chi connectivity index (χ0v) is 10.5. The molecule has 0 radical (unpaired) electrons. The lowest BCUT2D eigenvalue weighted by atomic mass is 10.1. The monoisotopic (exact) mass is 271 g/mol. The van der Waals surface area contributed by atoms with Gasteiger partial charge in [-0.1, -0.05) is 0 Å². The highest BCUT2D eigenvalue weighted by Gasteiger charge is 2.35. The number of anilines is 1. The molecule has 1 unspecified atom stereocenters. The van der Waals surface area contributed by atoms with Gasteiger partial charge in [0.25, 0.3) is 0 Å². The summed E-state index contributed by atoms with van der Waals surface area (Å²) in [5.41, 5.74) is 1.84. The molecule has 0 aliphatic carbocycles. The smallest absolute Gasteiger partial charge is 0.351 e. The molecule has 0 saturated carbocycles. The summed E-state index contributed by atoms with van der Waals surface area (Å²) in [7, 11) is 0. The van der Waals surface area contributed by atoms with E-state index in [1.807, 2.05) is 5.48 Å². The molecule has 1 aromatic rings. The number of aliphatic hydroxyl groups is 2. The second kappa shape index (κ2) is 5.66. The van der Waals surface area contributed by atoms with Crippen molar-refractivity contribution >= 4 is 5.82 Å². The fraction of sp³-hybridized carbons (Fsp3) is 0.636. The molecule has 0 spiro atoms. The summed E-state index contributed by atoms with van der Waals surface area (Å²) >= 11 is 0. The fourth-order valence-corrected chi connectivity index (χ4v) is 2.16. The van der Waals surface area contributed by atoms with Gasteiger partial charge < -0.3 is 14.9 Å². The Morgan fingerprint density at radius 1 is 1.63 bits per heavy atom. The first-order valence-electron chi connectivity index (χ1n) is 6.01. The van der Waals surface area contributed by atoms with Crippen LogP contribution in [0.5, 0.6) is 0 Å². The second-order valence-corrected chi connectivity index (χ2v) is 4.52. The van der Waals surface area contributed by atoms with Crippen molar-refractivity contribution in [1.29, 1.82) is 0 Å². The van der Waals surface area contributed by atoms with Crippen LogP contribution in [0.1, 0.15) is 24.6 Å². The van der Waals surface area contributed by atoms with Crippen molar-refractivity contribution in [3.05, 3.63) is 22.2 Å². The van der Waals surface area contributed by atoms with E-state index >= 15 is 0 Å². The number of rotatable bonds is 4. The molecule has 3 atom stereocenters. The van der Waals surface area contributed by atoms with E-state index < -0.39 is 24.1 Å². The molecule has 8 heteroatoms. The quantitative estimate of drug-likeness (QED) is 0.539. The standard InChI is InChI=1S/C11H17N3O5/c1-6-5-14(11(17)12-10(6)13-18)9-4-7(16)8(19-9)2-3-15/h5,7-9,15-16,18H,2-4H2,1H3,(H,12,13,17)/t7-,8?,9+/m0/s1. The van der Waals surface area contributed by atoms with Crippen LogP contribution < -0.4 is 11.2 Å². The number of hydrogen-bond donors (Lipinski definition) is 4. The number of aliphatic hydroxyl groups excluding tert-OH is 2. The van der Waals surface area contributed by atoms with Crippen LogP contribution in [0.15, 0.2) is 11.0 Å². The molecular weight excluding hydrogens is 254 g/mol. The van der Waals surface area contributed by atoms with Crippen molar-refractivity contribution in [1.82, 2.24) is 9.55 Å². The van der Waals surface area contributed by atoms with Crippen LogP contribution >= 0.6 is 0 Å². The van der Waals surface area contributed by atoms with Crippen LogP contribution in [0.3, 0.4) is 0 Å². The molecule has 1 aliphatic rings. The van der Waals surface area contributed by atoms with E-state index in [2.05, 4.69) is 4.98 Å². The summed E-state index contributed by atoms with van der Waals surface area (Å²) < 4.78 is 6.81. The van der Waals surface area contributed by atoms with E-state index in [9.17, 15) is 9.90 Å². The van der Waals surface area contributed by atoms with Gasteiger partial charge in [-0.25, -0.2) is 4.79 Å². The largest absolute Gasteiger partial charge is 0.396 e.